The second-order valence-electron chi connectivity index (χ2n) is 0.558. The molecule has 0 aromatic rings. The van der Waals surface area contributed by atoms with Crippen LogP contribution in [-0.4, -0.2) is 29.7 Å². The Labute approximate surface area is 79.0 Å². The van der Waals surface area contributed by atoms with Crippen LogP contribution in [0.5, 0.6) is 0 Å². The summed E-state index contributed by atoms with van der Waals surface area (Å²) >= 11 is 0. The molecular formula is C3H6ClLiMgO. The number of rotatable bonds is 1. The third kappa shape index (κ3) is 35.1. The van der Waals surface area contributed by atoms with Gasteiger partial charge in [-0.1, -0.05) is 0 Å². The summed E-state index contributed by atoms with van der Waals surface area (Å²) in [7, 11) is 0. The van der Waals surface area contributed by atoms with E-state index < -0.39 is 0 Å². The van der Waals surface area contributed by atoms with Gasteiger partial charge in [0.05, 0.1) is 0 Å². The summed E-state index contributed by atoms with van der Waals surface area (Å²) in [5.74, 6) is 0. The molecule has 1 nitrogen and oxygen atoms in total. The second-order valence-corrected chi connectivity index (χ2v) is 0.558. The predicted molar refractivity (Wildman–Crippen MR) is 20.6 cm³/mol. The molecule has 0 aliphatic carbocycles. The van der Waals surface area contributed by atoms with E-state index in [1.165, 1.54) is 0 Å². The molecule has 0 heterocycles. The largest absolute Gasteiger partial charge is 2.00 e. The van der Waals surface area contributed by atoms with E-state index in [1.54, 1.807) is 0 Å². The summed E-state index contributed by atoms with van der Waals surface area (Å²) in [6.45, 7) is 3.25. The molecule has 0 aromatic heterocycles. The summed E-state index contributed by atoms with van der Waals surface area (Å²) in [6.07, 6.45) is 0.514. The molecule has 7 heavy (non-hydrogen) atoms. The number of halogens is 1. The Hall–Kier alpha value is 1.61. The van der Waals surface area contributed by atoms with E-state index in [4.69, 9.17) is 0 Å². The van der Waals surface area contributed by atoms with Gasteiger partial charge < -0.3 is 24.4 Å². The molecule has 0 saturated heterocycles. The van der Waals surface area contributed by atoms with Crippen molar-refractivity contribution in [3.05, 3.63) is 6.92 Å². The van der Waals surface area contributed by atoms with E-state index in [9.17, 15) is 5.11 Å². The van der Waals surface area contributed by atoms with Gasteiger partial charge in [-0.25, -0.2) is 0 Å². The van der Waals surface area contributed by atoms with E-state index in [2.05, 4.69) is 6.92 Å². The van der Waals surface area contributed by atoms with Gasteiger partial charge in [-0.3, -0.25) is 0 Å². The summed E-state index contributed by atoms with van der Waals surface area (Å²) in [6, 6.07) is 0. The van der Waals surface area contributed by atoms with Crippen LogP contribution in [0, 0.1) is 6.92 Å². The van der Waals surface area contributed by atoms with Crippen LogP contribution in [0.3, 0.4) is 0 Å². The fourth-order valence-electron chi connectivity index (χ4n) is 0. The van der Waals surface area contributed by atoms with Crippen LogP contribution in [-0.2, 0) is 0 Å². The van der Waals surface area contributed by atoms with Gasteiger partial charge >= 0.3 is 41.9 Å². The fraction of sp³-hybridized carbons (Fsp3) is 0.667. The zero-order chi connectivity index (χ0) is 3.41. The van der Waals surface area contributed by atoms with Crippen molar-refractivity contribution in [2.75, 3.05) is 6.61 Å². The van der Waals surface area contributed by atoms with Gasteiger partial charge in [-0.05, 0) is 0 Å². The number of hydrogen-bond donors (Lipinski definition) is 0. The van der Waals surface area contributed by atoms with Crippen molar-refractivity contribution in [1.29, 1.82) is 0 Å². The minimum Gasteiger partial charge on any atom is -1.00 e. The van der Waals surface area contributed by atoms with E-state index >= 15 is 0 Å². The molecule has 4 heteroatoms. The molecular weight excluding hydrogens is 119 g/mol. The first-order valence-electron chi connectivity index (χ1n) is 1.29. The first-order valence-corrected chi connectivity index (χ1v) is 1.29. The van der Waals surface area contributed by atoms with Crippen molar-refractivity contribution >= 4 is 23.1 Å². The molecule has 0 spiro atoms. The molecule has 0 aromatic carbocycles. The minimum atomic E-state index is -0.0417. The Morgan fingerprint density at radius 2 is 1.57 bits per heavy atom. The monoisotopic (exact) mass is 124 g/mol. The van der Waals surface area contributed by atoms with Crippen molar-refractivity contribution < 1.29 is 36.4 Å². The average molecular weight is 125 g/mol. The van der Waals surface area contributed by atoms with Crippen LogP contribution >= 0.6 is 0 Å². The van der Waals surface area contributed by atoms with Crippen LogP contribution in [0.1, 0.15) is 6.42 Å². The van der Waals surface area contributed by atoms with Crippen molar-refractivity contribution in [3.63, 3.8) is 0 Å². The Morgan fingerprint density at radius 1 is 1.43 bits per heavy atom. The molecule has 0 radical (unpaired) electrons. The Balaban J connectivity index is -0.0000000150. The molecule has 0 rings (SSSR count). The quantitative estimate of drug-likeness (QED) is 0.252. The molecule has 0 aliphatic rings. The van der Waals surface area contributed by atoms with Crippen molar-refractivity contribution in [3.8, 4) is 0 Å². The zero-order valence-electron chi connectivity index (χ0n) is 4.61. The SMILES string of the molecule is [CH2-]CC[O-].[Cl-].[Li+].[Mg+2]. The van der Waals surface area contributed by atoms with Gasteiger partial charge in [0, 0.05) is 0 Å². The third-order valence-electron chi connectivity index (χ3n) is 0.144. The maximum atomic E-state index is 9.24. The summed E-state index contributed by atoms with van der Waals surface area (Å²) in [5, 5.41) is 9.24. The summed E-state index contributed by atoms with van der Waals surface area (Å²) in [4.78, 5) is 0. The smallest absolute Gasteiger partial charge is 1.00 e. The topological polar surface area (TPSA) is 23.1 Å². The molecule has 0 atom stereocenters. The number of hydrogen-bond acceptors (Lipinski definition) is 1. The normalized spacial score (nSPS) is 4.29. The molecule has 0 amide bonds. The summed E-state index contributed by atoms with van der Waals surface area (Å²) in [5.41, 5.74) is 0. The van der Waals surface area contributed by atoms with Crippen LogP contribution in [0.2, 0.25) is 0 Å². The van der Waals surface area contributed by atoms with Crippen LogP contribution in [0.25, 0.3) is 0 Å². The molecule has 0 bridgehead atoms. The third-order valence-corrected chi connectivity index (χ3v) is 0.144. The van der Waals surface area contributed by atoms with Gasteiger partial charge in [0.25, 0.3) is 0 Å². The molecule has 0 unspecified atom stereocenters. The van der Waals surface area contributed by atoms with Crippen molar-refractivity contribution in [2.24, 2.45) is 0 Å². The predicted octanol–water partition coefficient (Wildman–Crippen LogP) is -6.80. The molecule has 0 N–H and O–H groups in total. The van der Waals surface area contributed by atoms with E-state index in [0.29, 0.717) is 6.42 Å². The molecule has 0 aliphatic heterocycles. The van der Waals surface area contributed by atoms with Crippen molar-refractivity contribution in [2.45, 2.75) is 6.42 Å². The van der Waals surface area contributed by atoms with Crippen LogP contribution < -0.4 is 36.4 Å². The zero-order valence-corrected chi connectivity index (χ0v) is 6.78. The van der Waals surface area contributed by atoms with Crippen molar-refractivity contribution in [1.82, 2.24) is 0 Å². The molecule has 0 saturated carbocycles. The first-order chi connectivity index (χ1) is 1.91. The Morgan fingerprint density at radius 3 is 1.57 bits per heavy atom. The van der Waals surface area contributed by atoms with Gasteiger partial charge in [0.2, 0.25) is 0 Å². The molecule has 34 valence electrons. The van der Waals surface area contributed by atoms with Gasteiger partial charge in [0.15, 0.2) is 0 Å². The fourth-order valence-corrected chi connectivity index (χ4v) is 0. The minimum absolute atomic E-state index is 0. The Bertz CT molecular complexity index is 16.9. The van der Waals surface area contributed by atoms with E-state index in [0.717, 1.165) is 0 Å². The standard InChI is InChI=1S/C3H6O.ClH.Li.Mg/c1-2-3-4;;;/h1-3H2;1H;;/q-2;;+1;+2/p-1. The first kappa shape index (κ1) is 23.5. The maximum absolute atomic E-state index is 9.24. The van der Waals surface area contributed by atoms with Gasteiger partial charge in [-0.15, -0.1) is 0 Å². The van der Waals surface area contributed by atoms with Gasteiger partial charge in [0.1, 0.15) is 0 Å². The van der Waals surface area contributed by atoms with Crippen LogP contribution in [0.15, 0.2) is 0 Å². The van der Waals surface area contributed by atoms with E-state index in [-0.39, 0.29) is 60.9 Å². The van der Waals surface area contributed by atoms with Gasteiger partial charge in [-0.2, -0.15) is 13.0 Å². The summed E-state index contributed by atoms with van der Waals surface area (Å²) < 4.78 is 0. The molecule has 0 fully saturated rings. The average Bonchev–Trinajstić information content (AvgIpc) is 1.37. The Kier molecular flexibility index (Phi) is 85.5. The van der Waals surface area contributed by atoms with E-state index in [1.807, 2.05) is 0 Å². The second kappa shape index (κ2) is 25.5. The maximum Gasteiger partial charge on any atom is 2.00 e. The van der Waals surface area contributed by atoms with Crippen LogP contribution in [0.4, 0.5) is 0 Å².